The van der Waals surface area contributed by atoms with Crippen LogP contribution in [0.3, 0.4) is 0 Å². The Morgan fingerprint density at radius 2 is 1.34 bits per heavy atom. The first kappa shape index (κ1) is 26.9. The SMILES string of the molecule is CCN(CC)c1ccc2c(c1)Oc1cc(N(CC)S(=O)(=O)c3ccc(C)cc3)ccc1C21OC(=O)c2ccccc21. The minimum Gasteiger partial charge on any atom is -0.456 e. The molecule has 7 nitrogen and oxygen atoms in total. The quantitative estimate of drug-likeness (QED) is 0.233. The van der Waals surface area contributed by atoms with E-state index in [-0.39, 0.29) is 11.4 Å². The third-order valence-electron chi connectivity index (χ3n) is 7.99. The predicted molar refractivity (Wildman–Crippen MR) is 160 cm³/mol. The molecule has 4 aromatic carbocycles. The van der Waals surface area contributed by atoms with E-state index in [4.69, 9.17) is 9.47 Å². The van der Waals surface area contributed by atoms with Crippen LogP contribution in [0.15, 0.2) is 89.8 Å². The summed E-state index contributed by atoms with van der Waals surface area (Å²) in [5.41, 5.74) is 3.82. The summed E-state index contributed by atoms with van der Waals surface area (Å²) in [5.74, 6) is 0.593. The Labute approximate surface area is 241 Å². The zero-order chi connectivity index (χ0) is 28.9. The van der Waals surface area contributed by atoms with Crippen molar-refractivity contribution in [3.63, 3.8) is 0 Å². The van der Waals surface area contributed by atoms with Gasteiger partial charge >= 0.3 is 5.97 Å². The van der Waals surface area contributed by atoms with Crippen molar-refractivity contribution >= 4 is 27.4 Å². The Morgan fingerprint density at radius 3 is 1.98 bits per heavy atom. The van der Waals surface area contributed by atoms with Crippen molar-refractivity contribution < 1.29 is 22.7 Å². The number of benzene rings is 4. The fourth-order valence-electron chi connectivity index (χ4n) is 5.92. The van der Waals surface area contributed by atoms with Crippen molar-refractivity contribution in [2.45, 2.75) is 38.2 Å². The number of hydrogen-bond donors (Lipinski definition) is 0. The second-order valence-electron chi connectivity index (χ2n) is 10.2. The topological polar surface area (TPSA) is 76.2 Å². The number of esters is 1. The van der Waals surface area contributed by atoms with Crippen LogP contribution in [0, 0.1) is 6.92 Å². The Morgan fingerprint density at radius 1 is 0.732 bits per heavy atom. The number of hydrogen-bond acceptors (Lipinski definition) is 6. The second kappa shape index (κ2) is 9.96. The molecule has 0 bridgehead atoms. The molecule has 2 heterocycles. The largest absolute Gasteiger partial charge is 0.456 e. The van der Waals surface area contributed by atoms with Gasteiger partial charge in [0.25, 0.3) is 10.0 Å². The molecule has 0 saturated heterocycles. The average Bonchev–Trinajstić information content (AvgIpc) is 3.26. The number of aryl methyl sites for hydroxylation is 1. The van der Waals surface area contributed by atoms with Crippen LogP contribution in [0.5, 0.6) is 11.5 Å². The third kappa shape index (κ3) is 4.08. The normalized spacial score (nSPS) is 16.8. The first-order chi connectivity index (χ1) is 19.7. The van der Waals surface area contributed by atoms with E-state index in [0.29, 0.717) is 28.3 Å². The number of rotatable bonds is 7. The van der Waals surface area contributed by atoms with Crippen molar-refractivity contribution in [2.75, 3.05) is 28.8 Å². The van der Waals surface area contributed by atoms with E-state index < -0.39 is 21.6 Å². The highest BCUT2D eigenvalue weighted by atomic mass is 32.2. The lowest BCUT2D eigenvalue weighted by atomic mass is 9.77. The number of ether oxygens (including phenoxy) is 2. The van der Waals surface area contributed by atoms with Gasteiger partial charge in [0, 0.05) is 54.1 Å². The molecule has 0 aliphatic carbocycles. The number of carbonyl (C=O) groups is 1. The molecule has 2 aliphatic rings. The van der Waals surface area contributed by atoms with Crippen LogP contribution in [0.4, 0.5) is 11.4 Å². The Bertz CT molecular complexity index is 1760. The first-order valence-corrected chi connectivity index (χ1v) is 15.3. The minimum atomic E-state index is -3.83. The molecule has 2 aliphatic heterocycles. The Balaban J connectivity index is 1.54. The lowest BCUT2D eigenvalue weighted by Gasteiger charge is -2.37. The summed E-state index contributed by atoms with van der Waals surface area (Å²) < 4.78 is 41.6. The fourth-order valence-corrected chi connectivity index (χ4v) is 7.39. The van der Waals surface area contributed by atoms with Crippen molar-refractivity contribution in [3.05, 3.63) is 113 Å². The highest BCUT2D eigenvalue weighted by molar-refractivity contribution is 7.92. The maximum absolute atomic E-state index is 13.7. The molecule has 0 amide bonds. The average molecular weight is 569 g/mol. The maximum Gasteiger partial charge on any atom is 0.340 e. The monoisotopic (exact) mass is 568 g/mol. The van der Waals surface area contributed by atoms with Gasteiger partial charge in [-0.15, -0.1) is 0 Å². The third-order valence-corrected chi connectivity index (χ3v) is 9.91. The van der Waals surface area contributed by atoms with Crippen LogP contribution in [-0.4, -0.2) is 34.0 Å². The molecular weight excluding hydrogens is 536 g/mol. The molecule has 0 aromatic heterocycles. The van der Waals surface area contributed by atoms with Crippen LogP contribution in [0.2, 0.25) is 0 Å². The van der Waals surface area contributed by atoms with E-state index in [2.05, 4.69) is 18.7 Å². The van der Waals surface area contributed by atoms with Gasteiger partial charge in [-0.05, 0) is 70.2 Å². The van der Waals surface area contributed by atoms with Crippen LogP contribution in [0.1, 0.15) is 53.4 Å². The van der Waals surface area contributed by atoms with Crippen molar-refractivity contribution in [1.82, 2.24) is 0 Å². The zero-order valence-corrected chi connectivity index (χ0v) is 24.4. The molecular formula is C33H32N2O5S. The highest BCUT2D eigenvalue weighted by Crippen LogP contribution is 2.57. The maximum atomic E-state index is 13.7. The molecule has 0 fully saturated rings. The van der Waals surface area contributed by atoms with E-state index >= 15 is 0 Å². The summed E-state index contributed by atoms with van der Waals surface area (Å²) in [7, 11) is -3.83. The van der Waals surface area contributed by atoms with Crippen molar-refractivity contribution in [1.29, 1.82) is 0 Å². The van der Waals surface area contributed by atoms with E-state index in [1.54, 1.807) is 49.4 Å². The summed E-state index contributed by atoms with van der Waals surface area (Å²) in [6.45, 7) is 9.77. The highest BCUT2D eigenvalue weighted by Gasteiger charge is 2.53. The number of fused-ring (bicyclic) bond motifs is 6. The number of anilines is 2. The van der Waals surface area contributed by atoms with Gasteiger partial charge in [0.15, 0.2) is 5.60 Å². The Hall–Kier alpha value is -4.30. The molecule has 0 radical (unpaired) electrons. The summed E-state index contributed by atoms with van der Waals surface area (Å²) in [5, 5.41) is 0. The van der Waals surface area contributed by atoms with Gasteiger partial charge in [0.2, 0.25) is 0 Å². The molecule has 41 heavy (non-hydrogen) atoms. The van der Waals surface area contributed by atoms with Crippen molar-refractivity contribution in [2.24, 2.45) is 0 Å². The Kier molecular flexibility index (Phi) is 6.53. The van der Waals surface area contributed by atoms with Gasteiger partial charge in [-0.2, -0.15) is 0 Å². The van der Waals surface area contributed by atoms with Gasteiger partial charge in [0.05, 0.1) is 16.1 Å². The molecule has 210 valence electrons. The summed E-state index contributed by atoms with van der Waals surface area (Å²) in [4.78, 5) is 15.6. The van der Waals surface area contributed by atoms with E-state index in [0.717, 1.165) is 35.5 Å². The van der Waals surface area contributed by atoms with Gasteiger partial charge in [-0.3, -0.25) is 4.31 Å². The molecule has 0 saturated carbocycles. The van der Waals surface area contributed by atoms with Crippen LogP contribution >= 0.6 is 0 Å². The van der Waals surface area contributed by atoms with E-state index in [9.17, 15) is 13.2 Å². The summed E-state index contributed by atoms with van der Waals surface area (Å²) >= 11 is 0. The molecule has 6 rings (SSSR count). The second-order valence-corrected chi connectivity index (χ2v) is 12.1. The zero-order valence-electron chi connectivity index (χ0n) is 23.5. The van der Waals surface area contributed by atoms with Gasteiger partial charge in [0.1, 0.15) is 11.5 Å². The van der Waals surface area contributed by atoms with Gasteiger partial charge in [-0.1, -0.05) is 35.9 Å². The summed E-state index contributed by atoms with van der Waals surface area (Å²) in [6.07, 6.45) is 0. The predicted octanol–water partition coefficient (Wildman–Crippen LogP) is 6.62. The lowest BCUT2D eigenvalue weighted by molar-refractivity contribution is 0.0224. The van der Waals surface area contributed by atoms with Crippen LogP contribution in [0.25, 0.3) is 0 Å². The fraction of sp³-hybridized carbons (Fsp3) is 0.242. The smallest absolute Gasteiger partial charge is 0.340 e. The number of carbonyl (C=O) groups excluding carboxylic acids is 1. The van der Waals surface area contributed by atoms with E-state index in [1.165, 1.54) is 4.31 Å². The van der Waals surface area contributed by atoms with Gasteiger partial charge < -0.3 is 14.4 Å². The molecule has 0 N–H and O–H groups in total. The van der Waals surface area contributed by atoms with Crippen LogP contribution < -0.4 is 13.9 Å². The number of nitrogens with zero attached hydrogens (tertiary/aromatic N) is 2. The minimum absolute atomic E-state index is 0.216. The van der Waals surface area contributed by atoms with Crippen molar-refractivity contribution in [3.8, 4) is 11.5 Å². The molecule has 8 heteroatoms. The first-order valence-electron chi connectivity index (χ1n) is 13.9. The van der Waals surface area contributed by atoms with Gasteiger partial charge in [-0.25, -0.2) is 13.2 Å². The molecule has 1 atom stereocenters. The van der Waals surface area contributed by atoms with Crippen LogP contribution in [-0.2, 0) is 20.4 Å². The molecule has 1 unspecified atom stereocenters. The lowest BCUT2D eigenvalue weighted by Crippen LogP contribution is -2.34. The summed E-state index contributed by atoms with van der Waals surface area (Å²) in [6, 6.07) is 25.5. The number of sulfonamides is 1. The van der Waals surface area contributed by atoms with E-state index in [1.807, 2.05) is 49.4 Å². The molecule has 1 spiro atoms. The molecule has 4 aromatic rings. The standard InChI is InChI=1S/C33H32N2O5S/c1-5-34(6-2)23-14-18-28-30(20-23)39-31-21-24(35(7-3)41(37,38)25-16-12-22(4)13-17-25)15-19-29(31)33(28)27-11-9-8-10-26(27)32(36)40-33/h8-21H,5-7H2,1-4H3.